The summed E-state index contributed by atoms with van der Waals surface area (Å²) in [5.74, 6) is -0.792. The van der Waals surface area contributed by atoms with E-state index in [1.807, 2.05) is 44.2 Å². The van der Waals surface area contributed by atoms with E-state index in [9.17, 15) is 4.79 Å². The van der Waals surface area contributed by atoms with E-state index >= 15 is 0 Å². The molecule has 0 spiro atoms. The number of aliphatic carboxylic acids is 1. The number of hydrogen-bond donors (Lipinski definition) is 2. The molecule has 3 nitrogen and oxygen atoms in total. The van der Waals surface area contributed by atoms with Crippen molar-refractivity contribution < 1.29 is 9.90 Å². The van der Waals surface area contributed by atoms with Crippen molar-refractivity contribution in [3.8, 4) is 0 Å². The molecular formula is C14H21NO2. The smallest absolute Gasteiger partial charge is 0.304 e. The third-order valence-electron chi connectivity index (χ3n) is 3.60. The lowest BCUT2D eigenvalue weighted by Gasteiger charge is -2.37. The summed E-state index contributed by atoms with van der Waals surface area (Å²) >= 11 is 0. The van der Waals surface area contributed by atoms with E-state index in [2.05, 4.69) is 0 Å². The van der Waals surface area contributed by atoms with Crippen molar-refractivity contribution in [3.63, 3.8) is 0 Å². The van der Waals surface area contributed by atoms with Gasteiger partial charge in [-0.3, -0.25) is 4.79 Å². The Bertz CT molecular complexity index is 364. The summed E-state index contributed by atoms with van der Waals surface area (Å²) in [6.07, 6.45) is 1.59. The van der Waals surface area contributed by atoms with Gasteiger partial charge in [-0.15, -0.1) is 0 Å². The first-order valence-corrected chi connectivity index (χ1v) is 6.09. The van der Waals surface area contributed by atoms with E-state index < -0.39 is 11.4 Å². The molecule has 2 atom stereocenters. The van der Waals surface area contributed by atoms with Crippen LogP contribution in [0.3, 0.4) is 0 Å². The highest BCUT2D eigenvalue weighted by Crippen LogP contribution is 2.35. The summed E-state index contributed by atoms with van der Waals surface area (Å²) in [6, 6.07) is 9.62. The summed E-state index contributed by atoms with van der Waals surface area (Å²) in [7, 11) is 0. The Labute approximate surface area is 103 Å². The van der Waals surface area contributed by atoms with Crippen molar-refractivity contribution in [3.05, 3.63) is 35.9 Å². The van der Waals surface area contributed by atoms with Gasteiger partial charge in [-0.05, 0) is 18.4 Å². The molecular weight excluding hydrogens is 214 g/mol. The number of carboxylic acids is 1. The average Bonchev–Trinajstić information content (AvgIpc) is 2.35. The van der Waals surface area contributed by atoms with E-state index in [4.69, 9.17) is 10.8 Å². The topological polar surface area (TPSA) is 63.3 Å². The molecule has 3 heteroatoms. The van der Waals surface area contributed by atoms with Gasteiger partial charge in [0.15, 0.2) is 0 Å². The second kappa shape index (κ2) is 5.82. The van der Waals surface area contributed by atoms with E-state index in [1.165, 1.54) is 0 Å². The number of benzene rings is 1. The molecule has 2 unspecified atom stereocenters. The highest BCUT2D eigenvalue weighted by molar-refractivity contribution is 5.69. The molecule has 1 rings (SSSR count). The van der Waals surface area contributed by atoms with Crippen LogP contribution in [0.4, 0.5) is 0 Å². The summed E-state index contributed by atoms with van der Waals surface area (Å²) in [5, 5.41) is 9.13. The third-order valence-corrected chi connectivity index (χ3v) is 3.60. The lowest BCUT2D eigenvalue weighted by atomic mass is 9.69. The van der Waals surface area contributed by atoms with Crippen LogP contribution in [0, 0.1) is 0 Å². The monoisotopic (exact) mass is 235 g/mol. The average molecular weight is 235 g/mol. The van der Waals surface area contributed by atoms with Gasteiger partial charge in [-0.1, -0.05) is 44.2 Å². The number of rotatable bonds is 6. The molecule has 0 heterocycles. The van der Waals surface area contributed by atoms with Crippen molar-refractivity contribution in [2.45, 2.75) is 44.6 Å². The molecule has 17 heavy (non-hydrogen) atoms. The minimum absolute atomic E-state index is 0.0858. The van der Waals surface area contributed by atoms with Crippen molar-refractivity contribution >= 4 is 5.97 Å². The van der Waals surface area contributed by atoms with Gasteiger partial charge in [-0.25, -0.2) is 0 Å². The summed E-state index contributed by atoms with van der Waals surface area (Å²) in [4.78, 5) is 11.1. The molecule has 0 bridgehead atoms. The number of carbonyl (C=O) groups is 1. The minimum Gasteiger partial charge on any atom is -0.481 e. The Morgan fingerprint density at radius 1 is 1.35 bits per heavy atom. The van der Waals surface area contributed by atoms with Crippen LogP contribution in [0.1, 0.15) is 38.7 Å². The lowest BCUT2D eigenvalue weighted by molar-refractivity contribution is -0.138. The van der Waals surface area contributed by atoms with Crippen molar-refractivity contribution in [2.24, 2.45) is 5.73 Å². The number of hydrogen-bond acceptors (Lipinski definition) is 2. The largest absolute Gasteiger partial charge is 0.481 e. The van der Waals surface area contributed by atoms with E-state index in [-0.39, 0.29) is 12.5 Å². The standard InChI is InChI=1S/C14H21NO2/c1-3-12(15)14(4-2,10-13(16)17)11-8-6-5-7-9-11/h5-9,12H,3-4,10,15H2,1-2H3,(H,16,17). The molecule has 0 amide bonds. The SMILES string of the molecule is CCC(N)C(CC)(CC(=O)O)c1ccccc1. The van der Waals surface area contributed by atoms with Crippen molar-refractivity contribution in [1.29, 1.82) is 0 Å². The van der Waals surface area contributed by atoms with Gasteiger partial charge >= 0.3 is 5.97 Å². The molecule has 0 saturated heterocycles. The molecule has 0 saturated carbocycles. The Balaban J connectivity index is 3.20. The second-order valence-electron chi connectivity index (χ2n) is 4.46. The van der Waals surface area contributed by atoms with Gasteiger partial charge < -0.3 is 10.8 Å². The Morgan fingerprint density at radius 2 is 1.94 bits per heavy atom. The third kappa shape index (κ3) is 2.86. The van der Waals surface area contributed by atoms with Gasteiger partial charge in [-0.2, -0.15) is 0 Å². The van der Waals surface area contributed by atoms with E-state index in [0.29, 0.717) is 0 Å². The van der Waals surface area contributed by atoms with Gasteiger partial charge in [0.05, 0.1) is 6.42 Å². The fourth-order valence-electron chi connectivity index (χ4n) is 2.47. The van der Waals surface area contributed by atoms with Crippen LogP contribution in [0.2, 0.25) is 0 Å². The zero-order valence-corrected chi connectivity index (χ0v) is 10.5. The molecule has 3 N–H and O–H groups in total. The second-order valence-corrected chi connectivity index (χ2v) is 4.46. The molecule has 0 aromatic heterocycles. The molecule has 0 aliphatic heterocycles. The van der Waals surface area contributed by atoms with E-state index in [1.54, 1.807) is 0 Å². The van der Waals surface area contributed by atoms with Gasteiger partial charge in [0, 0.05) is 11.5 Å². The molecule has 0 radical (unpaired) electrons. The molecule has 0 aliphatic carbocycles. The molecule has 0 aliphatic rings. The van der Waals surface area contributed by atoms with Crippen LogP contribution in [0.15, 0.2) is 30.3 Å². The first-order chi connectivity index (χ1) is 8.06. The van der Waals surface area contributed by atoms with Crippen LogP contribution in [-0.2, 0) is 10.2 Å². The maximum absolute atomic E-state index is 11.1. The number of carboxylic acid groups (broad SMARTS) is 1. The Morgan fingerprint density at radius 3 is 2.35 bits per heavy atom. The summed E-state index contributed by atoms with van der Waals surface area (Å²) in [6.45, 7) is 4.01. The molecule has 1 aromatic rings. The molecule has 94 valence electrons. The van der Waals surface area contributed by atoms with Gasteiger partial charge in [0.2, 0.25) is 0 Å². The van der Waals surface area contributed by atoms with Gasteiger partial charge in [0.1, 0.15) is 0 Å². The summed E-state index contributed by atoms with van der Waals surface area (Å²) < 4.78 is 0. The highest BCUT2D eigenvalue weighted by Gasteiger charge is 2.37. The lowest BCUT2D eigenvalue weighted by Crippen LogP contribution is -2.46. The highest BCUT2D eigenvalue weighted by atomic mass is 16.4. The van der Waals surface area contributed by atoms with Crippen LogP contribution in [0.25, 0.3) is 0 Å². The van der Waals surface area contributed by atoms with Gasteiger partial charge in [0.25, 0.3) is 0 Å². The van der Waals surface area contributed by atoms with Crippen molar-refractivity contribution in [2.75, 3.05) is 0 Å². The first-order valence-electron chi connectivity index (χ1n) is 6.09. The maximum Gasteiger partial charge on any atom is 0.304 e. The zero-order chi connectivity index (χ0) is 12.9. The number of nitrogens with two attached hydrogens (primary N) is 1. The van der Waals surface area contributed by atoms with Crippen LogP contribution >= 0.6 is 0 Å². The van der Waals surface area contributed by atoms with Crippen LogP contribution in [-0.4, -0.2) is 17.1 Å². The predicted octanol–water partition coefficient (Wildman–Crippen LogP) is 2.55. The zero-order valence-electron chi connectivity index (χ0n) is 10.5. The van der Waals surface area contributed by atoms with Crippen LogP contribution in [0.5, 0.6) is 0 Å². The first kappa shape index (κ1) is 13.7. The molecule has 1 aromatic carbocycles. The maximum atomic E-state index is 11.1. The normalized spacial score (nSPS) is 16.2. The van der Waals surface area contributed by atoms with Crippen molar-refractivity contribution in [1.82, 2.24) is 0 Å². The summed E-state index contributed by atoms with van der Waals surface area (Å²) in [5.41, 5.74) is 6.75. The quantitative estimate of drug-likeness (QED) is 0.796. The fourth-order valence-corrected chi connectivity index (χ4v) is 2.47. The minimum atomic E-state index is -0.792. The fraction of sp³-hybridized carbons (Fsp3) is 0.500. The Kier molecular flexibility index (Phi) is 4.70. The van der Waals surface area contributed by atoms with E-state index in [0.717, 1.165) is 18.4 Å². The Hall–Kier alpha value is -1.35. The predicted molar refractivity (Wildman–Crippen MR) is 68.9 cm³/mol. The molecule has 0 fully saturated rings. The van der Waals surface area contributed by atoms with Crippen LogP contribution < -0.4 is 5.73 Å².